The van der Waals surface area contributed by atoms with Gasteiger partial charge in [0, 0.05) is 49.5 Å². The molecular weight excluding hydrogens is 393 g/mol. The zero-order valence-corrected chi connectivity index (χ0v) is 16.8. The third-order valence-corrected chi connectivity index (χ3v) is 5.79. The minimum absolute atomic E-state index is 0.00375. The number of alkyl halides is 3. The zero-order chi connectivity index (χ0) is 21.5. The fourth-order valence-electron chi connectivity index (χ4n) is 3.99. The third kappa shape index (κ3) is 3.92. The van der Waals surface area contributed by atoms with Crippen LogP contribution in [-0.4, -0.2) is 41.0 Å². The Labute approximate surface area is 172 Å². The van der Waals surface area contributed by atoms with Gasteiger partial charge in [-0.1, -0.05) is 12.1 Å². The van der Waals surface area contributed by atoms with Crippen molar-refractivity contribution in [3.63, 3.8) is 0 Å². The number of pyridine rings is 2. The molecule has 3 aromatic rings. The molecule has 1 atom stereocenters. The predicted molar refractivity (Wildman–Crippen MR) is 111 cm³/mol. The van der Waals surface area contributed by atoms with Crippen LogP contribution in [0.2, 0.25) is 0 Å². The summed E-state index contributed by atoms with van der Waals surface area (Å²) in [6.07, 6.45) is -3.02. The SMILES string of the molecule is Cc1cc2ccc(C(C)N3CCN(c4ncccc4C(F)(F)F)CC3)cc2[nH]c1=O. The average Bonchev–Trinajstić information content (AvgIpc) is 2.73. The van der Waals surface area contributed by atoms with E-state index in [1.165, 1.54) is 12.3 Å². The molecule has 1 fully saturated rings. The Morgan fingerprint density at radius 1 is 1.10 bits per heavy atom. The number of benzene rings is 1. The van der Waals surface area contributed by atoms with Crippen LogP contribution in [0, 0.1) is 6.92 Å². The summed E-state index contributed by atoms with van der Waals surface area (Å²) in [6.45, 7) is 6.03. The topological polar surface area (TPSA) is 52.2 Å². The molecule has 0 aliphatic carbocycles. The number of aryl methyl sites for hydroxylation is 1. The van der Waals surface area contributed by atoms with E-state index < -0.39 is 11.7 Å². The lowest BCUT2D eigenvalue weighted by Gasteiger charge is -2.39. The molecule has 4 rings (SSSR count). The minimum Gasteiger partial charge on any atom is -0.354 e. The summed E-state index contributed by atoms with van der Waals surface area (Å²) >= 11 is 0. The van der Waals surface area contributed by atoms with Gasteiger partial charge in [-0.3, -0.25) is 9.69 Å². The summed E-state index contributed by atoms with van der Waals surface area (Å²) in [7, 11) is 0. The quantitative estimate of drug-likeness (QED) is 0.698. The number of halogens is 3. The largest absolute Gasteiger partial charge is 0.419 e. The fourth-order valence-corrected chi connectivity index (χ4v) is 3.99. The molecule has 0 amide bonds. The lowest BCUT2D eigenvalue weighted by molar-refractivity contribution is -0.137. The second kappa shape index (κ2) is 7.75. The average molecular weight is 416 g/mol. The number of nitrogens with zero attached hydrogens (tertiary/aromatic N) is 3. The van der Waals surface area contributed by atoms with Crippen LogP contribution in [0.15, 0.2) is 47.4 Å². The molecule has 158 valence electrons. The minimum atomic E-state index is -4.42. The van der Waals surface area contributed by atoms with Crippen molar-refractivity contribution < 1.29 is 13.2 Å². The molecule has 1 N–H and O–H groups in total. The Morgan fingerprint density at radius 3 is 2.53 bits per heavy atom. The lowest BCUT2D eigenvalue weighted by Crippen LogP contribution is -2.48. The van der Waals surface area contributed by atoms with Gasteiger partial charge in [0.2, 0.25) is 0 Å². The fraction of sp³-hybridized carbons (Fsp3) is 0.364. The summed E-state index contributed by atoms with van der Waals surface area (Å²) in [6, 6.07) is 10.3. The number of aromatic amines is 1. The third-order valence-electron chi connectivity index (χ3n) is 5.79. The number of piperazine rings is 1. The van der Waals surface area contributed by atoms with E-state index in [4.69, 9.17) is 0 Å². The number of anilines is 1. The second-order valence-electron chi connectivity index (χ2n) is 7.70. The van der Waals surface area contributed by atoms with E-state index >= 15 is 0 Å². The van der Waals surface area contributed by atoms with Gasteiger partial charge in [-0.25, -0.2) is 4.98 Å². The summed E-state index contributed by atoms with van der Waals surface area (Å²) in [5.74, 6) is -0.00375. The highest BCUT2D eigenvalue weighted by Crippen LogP contribution is 2.35. The van der Waals surface area contributed by atoms with Gasteiger partial charge in [-0.05, 0) is 49.1 Å². The molecule has 30 heavy (non-hydrogen) atoms. The van der Waals surface area contributed by atoms with Crippen molar-refractivity contribution in [2.45, 2.75) is 26.1 Å². The van der Waals surface area contributed by atoms with Gasteiger partial charge in [-0.2, -0.15) is 13.2 Å². The van der Waals surface area contributed by atoms with E-state index in [0.29, 0.717) is 31.7 Å². The van der Waals surface area contributed by atoms with Crippen molar-refractivity contribution in [2.75, 3.05) is 31.1 Å². The van der Waals surface area contributed by atoms with Crippen LogP contribution in [0.4, 0.5) is 19.0 Å². The van der Waals surface area contributed by atoms with Crippen LogP contribution in [0.25, 0.3) is 10.9 Å². The number of nitrogens with one attached hydrogen (secondary N) is 1. The lowest BCUT2D eigenvalue weighted by atomic mass is 10.0. The summed E-state index contributed by atoms with van der Waals surface area (Å²) in [4.78, 5) is 22.8. The van der Waals surface area contributed by atoms with Crippen LogP contribution in [0.5, 0.6) is 0 Å². The maximum atomic E-state index is 13.3. The normalized spacial score (nSPS) is 16.8. The van der Waals surface area contributed by atoms with Crippen LogP contribution in [0.3, 0.4) is 0 Å². The van der Waals surface area contributed by atoms with Crippen molar-refractivity contribution in [1.82, 2.24) is 14.9 Å². The molecule has 1 aromatic carbocycles. The molecule has 0 bridgehead atoms. The molecule has 3 heterocycles. The molecule has 0 radical (unpaired) electrons. The van der Waals surface area contributed by atoms with Gasteiger partial charge < -0.3 is 9.88 Å². The first-order chi connectivity index (χ1) is 14.2. The van der Waals surface area contributed by atoms with Crippen LogP contribution >= 0.6 is 0 Å². The van der Waals surface area contributed by atoms with E-state index in [0.717, 1.165) is 22.5 Å². The van der Waals surface area contributed by atoms with Crippen molar-refractivity contribution in [1.29, 1.82) is 0 Å². The molecule has 1 unspecified atom stereocenters. The van der Waals surface area contributed by atoms with Crippen molar-refractivity contribution in [3.05, 3.63) is 69.6 Å². The van der Waals surface area contributed by atoms with Gasteiger partial charge in [0.1, 0.15) is 5.82 Å². The number of aromatic nitrogens is 2. The molecule has 2 aromatic heterocycles. The van der Waals surface area contributed by atoms with Crippen LogP contribution in [-0.2, 0) is 6.18 Å². The molecule has 0 spiro atoms. The Balaban J connectivity index is 1.50. The molecular formula is C22H23F3N4O. The first kappa shape index (κ1) is 20.4. The maximum Gasteiger partial charge on any atom is 0.419 e. The van der Waals surface area contributed by atoms with Gasteiger partial charge in [-0.15, -0.1) is 0 Å². The van der Waals surface area contributed by atoms with Gasteiger partial charge >= 0.3 is 6.18 Å². The second-order valence-corrected chi connectivity index (χ2v) is 7.70. The van der Waals surface area contributed by atoms with E-state index in [2.05, 4.69) is 21.8 Å². The number of rotatable bonds is 3. The Morgan fingerprint density at radius 2 is 1.83 bits per heavy atom. The molecule has 1 aliphatic rings. The van der Waals surface area contributed by atoms with Gasteiger partial charge in [0.05, 0.1) is 5.56 Å². The van der Waals surface area contributed by atoms with E-state index in [1.807, 2.05) is 24.3 Å². The van der Waals surface area contributed by atoms with Crippen LogP contribution in [0.1, 0.15) is 29.7 Å². The maximum absolute atomic E-state index is 13.3. The summed E-state index contributed by atoms with van der Waals surface area (Å²) < 4.78 is 39.9. The van der Waals surface area contributed by atoms with E-state index in [9.17, 15) is 18.0 Å². The van der Waals surface area contributed by atoms with Gasteiger partial charge in [0.15, 0.2) is 0 Å². The summed E-state index contributed by atoms with van der Waals surface area (Å²) in [5.41, 5.74) is 1.73. The molecule has 0 saturated carbocycles. The highest BCUT2D eigenvalue weighted by atomic mass is 19.4. The molecule has 8 heteroatoms. The zero-order valence-electron chi connectivity index (χ0n) is 16.8. The Kier molecular flexibility index (Phi) is 5.27. The smallest absolute Gasteiger partial charge is 0.354 e. The first-order valence-electron chi connectivity index (χ1n) is 9.89. The highest BCUT2D eigenvalue weighted by Gasteiger charge is 2.36. The van der Waals surface area contributed by atoms with E-state index in [1.54, 1.807) is 11.8 Å². The highest BCUT2D eigenvalue weighted by molar-refractivity contribution is 5.79. The molecule has 5 nitrogen and oxygen atoms in total. The standard InChI is InChI=1S/C22H23F3N4O/c1-14-12-17-6-5-16(13-19(17)27-21(14)30)15(2)28-8-10-29(11-9-28)20-18(22(23,24)25)4-3-7-26-20/h3-7,12-13,15H,8-11H2,1-2H3,(H,27,30). The van der Waals surface area contributed by atoms with Crippen molar-refractivity contribution in [3.8, 4) is 0 Å². The number of hydrogen-bond donors (Lipinski definition) is 1. The number of hydrogen-bond acceptors (Lipinski definition) is 4. The molecule has 1 saturated heterocycles. The molecule has 1 aliphatic heterocycles. The predicted octanol–water partition coefficient (Wildman–Crippen LogP) is 4.13. The van der Waals surface area contributed by atoms with E-state index in [-0.39, 0.29) is 17.4 Å². The summed E-state index contributed by atoms with van der Waals surface area (Å²) in [5, 5.41) is 0.975. The van der Waals surface area contributed by atoms with Crippen molar-refractivity contribution >= 4 is 16.7 Å². The Hall–Kier alpha value is -2.87. The van der Waals surface area contributed by atoms with Gasteiger partial charge in [0.25, 0.3) is 5.56 Å². The Bertz CT molecular complexity index is 1120. The number of fused-ring (bicyclic) bond motifs is 1. The first-order valence-corrected chi connectivity index (χ1v) is 9.89. The monoisotopic (exact) mass is 416 g/mol. The number of H-pyrrole nitrogens is 1. The van der Waals surface area contributed by atoms with Crippen LogP contribution < -0.4 is 10.5 Å². The van der Waals surface area contributed by atoms with Crippen molar-refractivity contribution in [2.24, 2.45) is 0 Å².